The van der Waals surface area contributed by atoms with Gasteiger partial charge in [-0.05, 0) is 0 Å². The van der Waals surface area contributed by atoms with Gasteiger partial charge in [0, 0.05) is 6.21 Å². The average Bonchev–Trinajstić information content (AvgIpc) is 2.34. The lowest BCUT2D eigenvalue weighted by Gasteiger charge is -2.19. The van der Waals surface area contributed by atoms with Crippen LogP contribution in [0.25, 0.3) is 0 Å². The van der Waals surface area contributed by atoms with Gasteiger partial charge in [0.05, 0.1) is 12.5 Å². The van der Waals surface area contributed by atoms with Gasteiger partial charge in [-0.1, -0.05) is 0 Å². The van der Waals surface area contributed by atoms with Gasteiger partial charge in [0.25, 0.3) is 0 Å². The molecule has 2 rings (SSSR count). The van der Waals surface area contributed by atoms with Gasteiger partial charge in [0.2, 0.25) is 5.91 Å². The lowest BCUT2D eigenvalue weighted by Crippen LogP contribution is -2.49. The van der Waals surface area contributed by atoms with Crippen molar-refractivity contribution in [3.8, 4) is 0 Å². The summed E-state index contributed by atoms with van der Waals surface area (Å²) in [6.07, 6.45) is 1.68. The first kappa shape index (κ1) is 6.33. The number of aliphatic imine (C=N–C) groups is 2. The van der Waals surface area contributed by atoms with E-state index in [1.807, 2.05) is 0 Å². The van der Waals surface area contributed by atoms with Crippen LogP contribution in [0.15, 0.2) is 9.98 Å². The first-order valence-electron chi connectivity index (χ1n) is 3.41. The lowest BCUT2D eigenvalue weighted by molar-refractivity contribution is -0.123. The summed E-state index contributed by atoms with van der Waals surface area (Å²) in [5.41, 5.74) is 5.34. The second-order valence-corrected chi connectivity index (χ2v) is 2.61. The molecule has 1 amide bonds. The number of nitrogens with one attached hydrogen (secondary N) is 1. The van der Waals surface area contributed by atoms with E-state index < -0.39 is 0 Å². The summed E-state index contributed by atoms with van der Waals surface area (Å²) in [7, 11) is 0. The first-order chi connectivity index (χ1) is 5.27. The Labute approximate surface area is 63.4 Å². The number of guanidine groups is 1. The van der Waals surface area contributed by atoms with Crippen LogP contribution < -0.4 is 11.1 Å². The number of rotatable bonds is 0. The normalized spacial score (nSPS) is 34.5. The number of nitrogens with zero attached hydrogens (tertiary/aromatic N) is 2. The van der Waals surface area contributed by atoms with E-state index in [-0.39, 0.29) is 23.8 Å². The van der Waals surface area contributed by atoms with Crippen LogP contribution in [0.3, 0.4) is 0 Å². The second kappa shape index (κ2) is 2.05. The van der Waals surface area contributed by atoms with Gasteiger partial charge in [-0.2, -0.15) is 0 Å². The molecule has 0 spiro atoms. The number of carbonyl (C=O) groups is 1. The highest BCUT2D eigenvalue weighted by atomic mass is 16.2. The molecule has 5 nitrogen and oxygen atoms in total. The van der Waals surface area contributed by atoms with Crippen LogP contribution in [0.2, 0.25) is 0 Å². The number of fused-ring (bicyclic) bond motifs is 1. The van der Waals surface area contributed by atoms with Gasteiger partial charge in [0.15, 0.2) is 5.96 Å². The molecule has 0 aromatic heterocycles. The minimum Gasteiger partial charge on any atom is -0.370 e. The first-order valence-corrected chi connectivity index (χ1v) is 3.41. The zero-order valence-electron chi connectivity index (χ0n) is 5.82. The molecule has 0 aromatic rings. The topological polar surface area (TPSA) is 79.8 Å². The molecular weight excluding hydrogens is 144 g/mol. The zero-order valence-corrected chi connectivity index (χ0v) is 5.82. The van der Waals surface area contributed by atoms with Gasteiger partial charge in [0.1, 0.15) is 6.04 Å². The summed E-state index contributed by atoms with van der Waals surface area (Å²) in [6, 6.07) is -0.122. The third-order valence-corrected chi connectivity index (χ3v) is 1.85. The quantitative estimate of drug-likeness (QED) is 0.443. The van der Waals surface area contributed by atoms with E-state index in [4.69, 9.17) is 5.73 Å². The molecule has 0 aromatic carbocycles. The molecule has 2 heterocycles. The molecular formula is C6H8N4O. The Hall–Kier alpha value is -1.39. The van der Waals surface area contributed by atoms with Gasteiger partial charge < -0.3 is 5.73 Å². The van der Waals surface area contributed by atoms with Crippen molar-refractivity contribution >= 4 is 18.1 Å². The van der Waals surface area contributed by atoms with Crippen LogP contribution in [0.1, 0.15) is 0 Å². The molecule has 2 unspecified atom stereocenters. The van der Waals surface area contributed by atoms with E-state index in [1.54, 1.807) is 6.21 Å². The van der Waals surface area contributed by atoms with E-state index in [2.05, 4.69) is 15.3 Å². The van der Waals surface area contributed by atoms with Crippen molar-refractivity contribution in [2.45, 2.75) is 6.04 Å². The summed E-state index contributed by atoms with van der Waals surface area (Å²) in [5, 5.41) is 2.46. The number of hydrogen-bond donors (Lipinski definition) is 2. The highest BCUT2D eigenvalue weighted by Gasteiger charge is 2.34. The van der Waals surface area contributed by atoms with E-state index in [1.165, 1.54) is 0 Å². The summed E-state index contributed by atoms with van der Waals surface area (Å²) < 4.78 is 0. The van der Waals surface area contributed by atoms with Crippen molar-refractivity contribution in [3.05, 3.63) is 0 Å². The highest BCUT2D eigenvalue weighted by Crippen LogP contribution is 2.15. The maximum absolute atomic E-state index is 11.1. The zero-order chi connectivity index (χ0) is 7.84. The third-order valence-electron chi connectivity index (χ3n) is 1.85. The van der Waals surface area contributed by atoms with Gasteiger partial charge in [-0.3, -0.25) is 15.1 Å². The Morgan fingerprint density at radius 3 is 3.36 bits per heavy atom. The van der Waals surface area contributed by atoms with Gasteiger partial charge in [-0.25, -0.2) is 4.99 Å². The SMILES string of the molecule is NC1=NC2C=NCC2C(=O)N1. The minimum absolute atomic E-state index is 0.0694. The van der Waals surface area contributed by atoms with E-state index in [9.17, 15) is 4.79 Å². The molecule has 3 N–H and O–H groups in total. The third kappa shape index (κ3) is 0.886. The Morgan fingerprint density at radius 1 is 1.73 bits per heavy atom. The molecule has 0 fully saturated rings. The van der Waals surface area contributed by atoms with Gasteiger partial charge >= 0.3 is 0 Å². The van der Waals surface area contributed by atoms with Crippen LogP contribution >= 0.6 is 0 Å². The number of carbonyl (C=O) groups excluding carboxylic acids is 1. The molecule has 0 aliphatic carbocycles. The molecule has 58 valence electrons. The second-order valence-electron chi connectivity index (χ2n) is 2.61. The summed E-state index contributed by atoms with van der Waals surface area (Å²) in [4.78, 5) is 19.1. The van der Waals surface area contributed by atoms with Crippen LogP contribution in [0.5, 0.6) is 0 Å². The maximum Gasteiger partial charge on any atom is 0.234 e. The van der Waals surface area contributed by atoms with Crippen molar-refractivity contribution in [1.29, 1.82) is 0 Å². The highest BCUT2D eigenvalue weighted by molar-refractivity contribution is 6.02. The van der Waals surface area contributed by atoms with Crippen molar-refractivity contribution in [2.24, 2.45) is 21.6 Å². The monoisotopic (exact) mass is 152 g/mol. The molecule has 0 bridgehead atoms. The van der Waals surface area contributed by atoms with Gasteiger partial charge in [-0.15, -0.1) is 0 Å². The van der Waals surface area contributed by atoms with Crippen molar-refractivity contribution < 1.29 is 4.79 Å². The molecule has 5 heteroatoms. The van der Waals surface area contributed by atoms with E-state index >= 15 is 0 Å². The Bertz CT molecular complexity index is 257. The molecule has 2 aliphatic heterocycles. The molecule has 0 saturated carbocycles. The lowest BCUT2D eigenvalue weighted by atomic mass is 10.0. The number of nitrogens with two attached hydrogens (primary N) is 1. The Kier molecular flexibility index (Phi) is 1.18. The summed E-state index contributed by atoms with van der Waals surface area (Å²) >= 11 is 0. The minimum atomic E-state index is -0.123. The molecule has 11 heavy (non-hydrogen) atoms. The van der Waals surface area contributed by atoms with E-state index in [0.717, 1.165) is 0 Å². The standard InChI is InChI=1S/C6H8N4O/c7-6-9-4-2-8-1-3(4)5(11)10-6/h2-4H,1H2,(H3,7,9,10,11). The number of amides is 1. The predicted molar refractivity (Wildman–Crippen MR) is 40.4 cm³/mol. The summed E-state index contributed by atoms with van der Waals surface area (Å²) in [5.74, 6) is 0.00639. The maximum atomic E-state index is 11.1. The van der Waals surface area contributed by atoms with Crippen LogP contribution in [0, 0.1) is 5.92 Å². The largest absolute Gasteiger partial charge is 0.370 e. The average molecular weight is 152 g/mol. The number of hydrogen-bond acceptors (Lipinski definition) is 4. The van der Waals surface area contributed by atoms with Crippen LogP contribution in [-0.4, -0.2) is 30.7 Å². The summed E-state index contributed by atoms with van der Waals surface area (Å²) in [6.45, 7) is 0.535. The molecule has 0 saturated heterocycles. The Balaban J connectivity index is 2.30. The molecule has 2 atom stereocenters. The Morgan fingerprint density at radius 2 is 2.55 bits per heavy atom. The fourth-order valence-electron chi connectivity index (χ4n) is 1.27. The van der Waals surface area contributed by atoms with Crippen LogP contribution in [0.4, 0.5) is 0 Å². The fourth-order valence-corrected chi connectivity index (χ4v) is 1.27. The van der Waals surface area contributed by atoms with E-state index in [0.29, 0.717) is 6.54 Å². The van der Waals surface area contributed by atoms with Crippen molar-refractivity contribution in [1.82, 2.24) is 5.32 Å². The van der Waals surface area contributed by atoms with Crippen LogP contribution in [-0.2, 0) is 4.79 Å². The smallest absolute Gasteiger partial charge is 0.234 e. The van der Waals surface area contributed by atoms with Crippen molar-refractivity contribution in [3.63, 3.8) is 0 Å². The molecule has 2 aliphatic rings. The van der Waals surface area contributed by atoms with Crippen molar-refractivity contribution in [2.75, 3.05) is 6.54 Å². The fraction of sp³-hybridized carbons (Fsp3) is 0.500. The molecule has 0 radical (unpaired) electrons. The predicted octanol–water partition coefficient (Wildman–Crippen LogP) is -1.50.